The van der Waals surface area contributed by atoms with Crippen molar-refractivity contribution in [3.63, 3.8) is 0 Å². The number of benzene rings is 2. The van der Waals surface area contributed by atoms with Crippen molar-refractivity contribution in [2.24, 2.45) is 0 Å². The summed E-state index contributed by atoms with van der Waals surface area (Å²) in [5, 5.41) is 7.27. The Hall–Kier alpha value is -2.42. The fraction of sp³-hybridized carbons (Fsp3) is 0.381. The van der Waals surface area contributed by atoms with Crippen LogP contribution < -0.4 is 14.2 Å². The fourth-order valence-corrected chi connectivity index (χ4v) is 4.63. The average Bonchev–Trinajstić information content (AvgIpc) is 2.75. The SMILES string of the molecule is COc1cc2c(cc1OC)CN(CCCNS(=O)(=O)c1cccc(C=N)c1)CC2. The average molecular weight is 418 g/mol. The van der Waals surface area contributed by atoms with Crippen LogP contribution in [0.4, 0.5) is 0 Å². The summed E-state index contributed by atoms with van der Waals surface area (Å²) in [6.45, 7) is 2.91. The molecule has 3 rings (SSSR count). The highest BCUT2D eigenvalue weighted by molar-refractivity contribution is 7.89. The number of nitrogens with zero attached hydrogens (tertiary/aromatic N) is 1. The lowest BCUT2D eigenvalue weighted by Gasteiger charge is -2.29. The molecule has 0 saturated carbocycles. The molecule has 0 bridgehead atoms. The molecular weight excluding hydrogens is 390 g/mol. The summed E-state index contributed by atoms with van der Waals surface area (Å²) in [4.78, 5) is 2.50. The van der Waals surface area contributed by atoms with Crippen molar-refractivity contribution in [2.75, 3.05) is 33.9 Å². The Morgan fingerprint density at radius 1 is 1.14 bits per heavy atom. The summed E-state index contributed by atoms with van der Waals surface area (Å²) in [7, 11) is -0.289. The van der Waals surface area contributed by atoms with Crippen LogP contribution in [-0.4, -0.2) is 53.4 Å². The lowest BCUT2D eigenvalue weighted by Crippen LogP contribution is -2.33. The second-order valence-electron chi connectivity index (χ2n) is 6.97. The van der Waals surface area contributed by atoms with Crippen molar-refractivity contribution >= 4 is 16.2 Å². The van der Waals surface area contributed by atoms with Gasteiger partial charge in [-0.1, -0.05) is 12.1 Å². The van der Waals surface area contributed by atoms with Crippen molar-refractivity contribution < 1.29 is 17.9 Å². The van der Waals surface area contributed by atoms with E-state index in [-0.39, 0.29) is 4.90 Å². The van der Waals surface area contributed by atoms with Gasteiger partial charge < -0.3 is 14.9 Å². The first-order valence-corrected chi connectivity index (χ1v) is 11.0. The molecule has 1 heterocycles. The molecule has 29 heavy (non-hydrogen) atoms. The third kappa shape index (κ3) is 5.14. The maximum atomic E-state index is 12.4. The van der Waals surface area contributed by atoms with Gasteiger partial charge in [0.1, 0.15) is 0 Å². The van der Waals surface area contributed by atoms with Crippen LogP contribution in [0.25, 0.3) is 0 Å². The molecule has 0 atom stereocenters. The Morgan fingerprint density at radius 2 is 1.86 bits per heavy atom. The first-order valence-electron chi connectivity index (χ1n) is 9.53. The first kappa shape index (κ1) is 21.3. The van der Waals surface area contributed by atoms with Crippen LogP contribution in [0.5, 0.6) is 11.5 Å². The van der Waals surface area contributed by atoms with E-state index in [1.165, 1.54) is 17.2 Å². The zero-order valence-corrected chi connectivity index (χ0v) is 17.6. The predicted molar refractivity (Wildman–Crippen MR) is 113 cm³/mol. The van der Waals surface area contributed by atoms with Gasteiger partial charge in [-0.05, 0) is 60.3 Å². The standard InChI is InChI=1S/C21H27N3O4S/c1-27-20-12-17-7-10-24(15-18(17)13-21(20)28-2)9-4-8-23-29(25,26)19-6-3-5-16(11-19)14-22/h3,5-6,11-14,22-23H,4,7-10,15H2,1-2H3. The van der Waals surface area contributed by atoms with E-state index in [4.69, 9.17) is 14.9 Å². The monoisotopic (exact) mass is 417 g/mol. The molecule has 0 unspecified atom stereocenters. The van der Waals surface area contributed by atoms with E-state index >= 15 is 0 Å². The molecule has 0 aromatic heterocycles. The highest BCUT2D eigenvalue weighted by Gasteiger charge is 2.19. The van der Waals surface area contributed by atoms with Crippen molar-refractivity contribution in [3.8, 4) is 11.5 Å². The zero-order chi connectivity index (χ0) is 20.9. The van der Waals surface area contributed by atoms with Gasteiger partial charge >= 0.3 is 0 Å². The Labute approximate surface area is 172 Å². The largest absolute Gasteiger partial charge is 0.493 e. The molecule has 0 amide bonds. The minimum atomic E-state index is -3.56. The van der Waals surface area contributed by atoms with E-state index < -0.39 is 10.0 Å². The normalized spacial score (nSPS) is 14.3. The minimum Gasteiger partial charge on any atom is -0.493 e. The topological polar surface area (TPSA) is 91.7 Å². The number of hydrogen-bond donors (Lipinski definition) is 2. The smallest absolute Gasteiger partial charge is 0.240 e. The molecule has 2 N–H and O–H groups in total. The Morgan fingerprint density at radius 3 is 2.55 bits per heavy atom. The Bertz CT molecular complexity index is 976. The molecule has 156 valence electrons. The highest BCUT2D eigenvalue weighted by Crippen LogP contribution is 2.33. The van der Waals surface area contributed by atoms with Gasteiger partial charge in [-0.3, -0.25) is 4.90 Å². The lowest BCUT2D eigenvalue weighted by molar-refractivity contribution is 0.250. The number of sulfonamides is 1. The number of methoxy groups -OCH3 is 2. The highest BCUT2D eigenvalue weighted by atomic mass is 32.2. The molecule has 0 radical (unpaired) electrons. The molecular formula is C21H27N3O4S. The third-order valence-electron chi connectivity index (χ3n) is 5.08. The zero-order valence-electron chi connectivity index (χ0n) is 16.8. The lowest BCUT2D eigenvalue weighted by atomic mass is 9.98. The maximum Gasteiger partial charge on any atom is 0.240 e. The van der Waals surface area contributed by atoms with E-state index in [1.807, 2.05) is 12.1 Å². The molecule has 2 aromatic carbocycles. The first-order chi connectivity index (χ1) is 14.0. The second-order valence-corrected chi connectivity index (χ2v) is 8.74. The molecule has 2 aromatic rings. The summed E-state index contributed by atoms with van der Waals surface area (Å²) in [6, 6.07) is 10.5. The van der Waals surface area contributed by atoms with Gasteiger partial charge in [-0.15, -0.1) is 0 Å². The second kappa shape index (κ2) is 9.39. The molecule has 0 fully saturated rings. The van der Waals surface area contributed by atoms with Crippen molar-refractivity contribution in [1.29, 1.82) is 5.41 Å². The van der Waals surface area contributed by atoms with E-state index in [0.717, 1.165) is 43.8 Å². The van der Waals surface area contributed by atoms with E-state index in [0.29, 0.717) is 18.5 Å². The van der Waals surface area contributed by atoms with Crippen molar-refractivity contribution in [3.05, 3.63) is 53.1 Å². The van der Waals surface area contributed by atoms with Crippen LogP contribution in [-0.2, 0) is 23.0 Å². The fourth-order valence-electron chi connectivity index (χ4n) is 3.50. The van der Waals surface area contributed by atoms with Crippen LogP contribution in [0, 0.1) is 5.41 Å². The summed E-state index contributed by atoms with van der Waals surface area (Å²) in [5.41, 5.74) is 3.05. The molecule has 8 heteroatoms. The van der Waals surface area contributed by atoms with Gasteiger partial charge in [0.05, 0.1) is 19.1 Å². The van der Waals surface area contributed by atoms with Crippen LogP contribution in [0.15, 0.2) is 41.3 Å². The molecule has 0 aliphatic carbocycles. The summed E-state index contributed by atoms with van der Waals surface area (Å²) >= 11 is 0. The van der Waals surface area contributed by atoms with Gasteiger partial charge in [0.2, 0.25) is 10.0 Å². The van der Waals surface area contributed by atoms with Crippen LogP contribution >= 0.6 is 0 Å². The maximum absolute atomic E-state index is 12.4. The minimum absolute atomic E-state index is 0.187. The van der Waals surface area contributed by atoms with Crippen LogP contribution in [0.2, 0.25) is 0 Å². The van der Waals surface area contributed by atoms with Crippen molar-refractivity contribution in [1.82, 2.24) is 9.62 Å². The molecule has 1 aliphatic heterocycles. The predicted octanol–water partition coefficient (Wildman–Crippen LogP) is 2.43. The van der Waals surface area contributed by atoms with Crippen LogP contribution in [0.3, 0.4) is 0 Å². The number of fused-ring (bicyclic) bond motifs is 1. The van der Waals surface area contributed by atoms with Crippen molar-refractivity contribution in [2.45, 2.75) is 24.3 Å². The molecule has 7 nitrogen and oxygen atoms in total. The van der Waals surface area contributed by atoms with Gasteiger partial charge in [-0.25, -0.2) is 13.1 Å². The quantitative estimate of drug-likeness (QED) is 0.483. The van der Waals surface area contributed by atoms with Gasteiger partial charge in [0.25, 0.3) is 0 Å². The summed E-state index contributed by atoms with van der Waals surface area (Å²) < 4.78 is 38.3. The number of ether oxygens (including phenoxy) is 2. The number of nitrogens with one attached hydrogen (secondary N) is 2. The summed E-state index contributed by atoms with van der Waals surface area (Å²) in [6.07, 6.45) is 2.78. The number of rotatable bonds is 9. The Balaban J connectivity index is 1.53. The van der Waals surface area contributed by atoms with Gasteiger partial charge in [0, 0.05) is 25.8 Å². The number of hydrogen-bond acceptors (Lipinski definition) is 6. The van der Waals surface area contributed by atoms with E-state index in [9.17, 15) is 8.42 Å². The summed E-state index contributed by atoms with van der Waals surface area (Å²) in [5.74, 6) is 1.48. The van der Waals surface area contributed by atoms with Gasteiger partial charge in [0.15, 0.2) is 11.5 Å². The van der Waals surface area contributed by atoms with E-state index in [2.05, 4.69) is 9.62 Å². The third-order valence-corrected chi connectivity index (χ3v) is 6.53. The molecule has 0 saturated heterocycles. The molecule has 0 spiro atoms. The van der Waals surface area contributed by atoms with E-state index in [1.54, 1.807) is 32.4 Å². The Kier molecular flexibility index (Phi) is 6.89. The van der Waals surface area contributed by atoms with Crippen LogP contribution in [0.1, 0.15) is 23.1 Å². The molecule has 1 aliphatic rings. The van der Waals surface area contributed by atoms with Gasteiger partial charge in [-0.2, -0.15) is 0 Å².